The highest BCUT2D eigenvalue weighted by Crippen LogP contribution is 2.36. The molecular formula is C4H8S4. The standard InChI is InChI=1S/C4H8S4/c5-3-1-4(6)8-2-7-3/h3-6H,1-2H2. The third-order valence-corrected chi connectivity index (χ3v) is 4.48. The van der Waals surface area contributed by atoms with Crippen molar-refractivity contribution in [2.75, 3.05) is 5.08 Å². The SMILES string of the molecule is SC1CC(S)SCS1. The average Bonchev–Trinajstić information content (AvgIpc) is 1.64. The molecule has 0 aromatic rings. The van der Waals surface area contributed by atoms with E-state index in [0.717, 1.165) is 11.5 Å². The first-order valence-corrected chi connectivity index (χ1v) is 5.51. The summed E-state index contributed by atoms with van der Waals surface area (Å²) in [7, 11) is 0. The lowest BCUT2D eigenvalue weighted by atomic mass is 10.5. The summed E-state index contributed by atoms with van der Waals surface area (Å²) in [6.45, 7) is 0. The van der Waals surface area contributed by atoms with Crippen LogP contribution in [-0.2, 0) is 0 Å². The first-order valence-electron chi connectivity index (χ1n) is 2.38. The third kappa shape index (κ3) is 2.33. The van der Waals surface area contributed by atoms with E-state index in [2.05, 4.69) is 25.3 Å². The second-order valence-electron chi connectivity index (χ2n) is 1.60. The molecule has 0 saturated carbocycles. The Labute approximate surface area is 69.4 Å². The Bertz CT molecular complexity index is 66.4. The summed E-state index contributed by atoms with van der Waals surface area (Å²) in [6, 6.07) is 0. The minimum Gasteiger partial charge on any atom is -0.165 e. The van der Waals surface area contributed by atoms with E-state index in [0.29, 0.717) is 9.16 Å². The monoisotopic (exact) mass is 184 g/mol. The summed E-state index contributed by atoms with van der Waals surface area (Å²) in [5, 5.41) is 1.16. The molecule has 0 nitrogen and oxygen atoms in total. The minimum absolute atomic E-state index is 0.527. The normalized spacial score (nSPS) is 39.8. The molecule has 4 heteroatoms. The molecule has 0 amide bonds. The average molecular weight is 184 g/mol. The Morgan fingerprint density at radius 2 is 1.62 bits per heavy atom. The van der Waals surface area contributed by atoms with Gasteiger partial charge < -0.3 is 0 Å². The van der Waals surface area contributed by atoms with Crippen LogP contribution in [0.3, 0.4) is 0 Å². The molecule has 0 spiro atoms. The highest BCUT2D eigenvalue weighted by atomic mass is 32.2. The molecule has 0 bridgehead atoms. The first-order chi connectivity index (χ1) is 3.79. The highest BCUT2D eigenvalue weighted by molar-refractivity contribution is 8.24. The van der Waals surface area contributed by atoms with Gasteiger partial charge in [0.2, 0.25) is 0 Å². The van der Waals surface area contributed by atoms with Crippen LogP contribution in [0.1, 0.15) is 6.42 Å². The van der Waals surface area contributed by atoms with E-state index in [-0.39, 0.29) is 0 Å². The van der Waals surface area contributed by atoms with Crippen LogP contribution >= 0.6 is 48.8 Å². The summed E-state index contributed by atoms with van der Waals surface area (Å²) in [6.07, 6.45) is 1.13. The molecule has 1 heterocycles. The zero-order valence-electron chi connectivity index (χ0n) is 4.28. The Morgan fingerprint density at radius 3 is 1.88 bits per heavy atom. The molecule has 0 aromatic heterocycles. The van der Waals surface area contributed by atoms with E-state index in [1.807, 2.05) is 23.5 Å². The maximum Gasteiger partial charge on any atom is 0.0499 e. The molecule has 48 valence electrons. The van der Waals surface area contributed by atoms with Crippen LogP contribution < -0.4 is 0 Å². The fourth-order valence-corrected chi connectivity index (χ4v) is 4.82. The van der Waals surface area contributed by atoms with E-state index in [1.165, 1.54) is 0 Å². The predicted molar refractivity (Wildman–Crippen MR) is 50.2 cm³/mol. The molecule has 1 saturated heterocycles. The van der Waals surface area contributed by atoms with Crippen molar-refractivity contribution in [1.82, 2.24) is 0 Å². The first kappa shape index (κ1) is 7.51. The summed E-state index contributed by atoms with van der Waals surface area (Å²) < 4.78 is 1.05. The smallest absolute Gasteiger partial charge is 0.0499 e. The lowest BCUT2D eigenvalue weighted by Gasteiger charge is -2.20. The Morgan fingerprint density at radius 1 is 1.12 bits per heavy atom. The predicted octanol–water partition coefficient (Wildman–Crippen LogP) is 2.33. The molecule has 1 aliphatic heterocycles. The second-order valence-corrected chi connectivity index (χ2v) is 6.29. The number of rotatable bonds is 0. The van der Waals surface area contributed by atoms with Crippen molar-refractivity contribution in [3.8, 4) is 0 Å². The maximum absolute atomic E-state index is 4.32. The van der Waals surface area contributed by atoms with Crippen molar-refractivity contribution in [2.45, 2.75) is 15.6 Å². The molecule has 1 aliphatic rings. The molecule has 2 atom stereocenters. The van der Waals surface area contributed by atoms with Gasteiger partial charge >= 0.3 is 0 Å². The molecule has 0 aromatic carbocycles. The quantitative estimate of drug-likeness (QED) is 0.555. The molecule has 0 radical (unpaired) electrons. The molecule has 2 unspecified atom stereocenters. The van der Waals surface area contributed by atoms with E-state index in [9.17, 15) is 0 Å². The van der Waals surface area contributed by atoms with Gasteiger partial charge in [-0.1, -0.05) is 0 Å². The van der Waals surface area contributed by atoms with E-state index in [4.69, 9.17) is 0 Å². The van der Waals surface area contributed by atoms with E-state index in [1.54, 1.807) is 0 Å². The Balaban J connectivity index is 2.23. The zero-order chi connectivity index (χ0) is 5.98. The maximum atomic E-state index is 4.32. The Hall–Kier alpha value is 1.40. The number of thioether (sulfide) groups is 2. The van der Waals surface area contributed by atoms with Gasteiger partial charge in [0.1, 0.15) is 0 Å². The van der Waals surface area contributed by atoms with Crippen LogP contribution in [0.5, 0.6) is 0 Å². The molecule has 0 aliphatic carbocycles. The topological polar surface area (TPSA) is 0 Å². The fourth-order valence-electron chi connectivity index (χ4n) is 0.505. The van der Waals surface area contributed by atoms with E-state index >= 15 is 0 Å². The summed E-state index contributed by atoms with van der Waals surface area (Å²) >= 11 is 12.4. The van der Waals surface area contributed by atoms with Gasteiger partial charge in [-0.25, -0.2) is 0 Å². The molecule has 0 N–H and O–H groups in total. The minimum atomic E-state index is 0.527. The molecule has 1 fully saturated rings. The zero-order valence-corrected chi connectivity index (χ0v) is 7.70. The van der Waals surface area contributed by atoms with Crippen LogP contribution in [0.15, 0.2) is 0 Å². The van der Waals surface area contributed by atoms with Gasteiger partial charge in [0, 0.05) is 14.2 Å². The van der Waals surface area contributed by atoms with Crippen LogP contribution in [0.2, 0.25) is 0 Å². The number of hydrogen-bond acceptors (Lipinski definition) is 4. The number of thiol groups is 2. The van der Waals surface area contributed by atoms with Gasteiger partial charge in [-0.3, -0.25) is 0 Å². The van der Waals surface area contributed by atoms with Crippen molar-refractivity contribution in [1.29, 1.82) is 0 Å². The van der Waals surface area contributed by atoms with Crippen molar-refractivity contribution < 1.29 is 0 Å². The second kappa shape index (κ2) is 3.54. The van der Waals surface area contributed by atoms with Gasteiger partial charge in [-0.15, -0.1) is 23.5 Å². The van der Waals surface area contributed by atoms with E-state index < -0.39 is 0 Å². The fraction of sp³-hybridized carbons (Fsp3) is 1.00. The molecule has 1 rings (SSSR count). The van der Waals surface area contributed by atoms with Crippen molar-refractivity contribution >= 4 is 48.8 Å². The Kier molecular flexibility index (Phi) is 3.32. The molecule has 8 heavy (non-hydrogen) atoms. The lowest BCUT2D eigenvalue weighted by molar-refractivity contribution is 1.03. The van der Waals surface area contributed by atoms with Gasteiger partial charge in [0.15, 0.2) is 0 Å². The van der Waals surface area contributed by atoms with Crippen LogP contribution in [-0.4, -0.2) is 14.2 Å². The highest BCUT2D eigenvalue weighted by Gasteiger charge is 2.16. The van der Waals surface area contributed by atoms with Crippen molar-refractivity contribution in [3.05, 3.63) is 0 Å². The van der Waals surface area contributed by atoms with Crippen molar-refractivity contribution in [3.63, 3.8) is 0 Å². The third-order valence-electron chi connectivity index (χ3n) is 0.924. The summed E-state index contributed by atoms with van der Waals surface area (Å²) in [5.41, 5.74) is 0. The number of hydrogen-bond donors (Lipinski definition) is 2. The van der Waals surface area contributed by atoms with Gasteiger partial charge in [-0.2, -0.15) is 25.3 Å². The van der Waals surface area contributed by atoms with Crippen LogP contribution in [0.4, 0.5) is 0 Å². The van der Waals surface area contributed by atoms with Crippen LogP contribution in [0, 0.1) is 0 Å². The lowest BCUT2D eigenvalue weighted by Crippen LogP contribution is -2.08. The molecular weight excluding hydrogens is 176 g/mol. The largest absolute Gasteiger partial charge is 0.165 e. The van der Waals surface area contributed by atoms with Crippen LogP contribution in [0.25, 0.3) is 0 Å². The van der Waals surface area contributed by atoms with Gasteiger partial charge in [0.25, 0.3) is 0 Å². The van der Waals surface area contributed by atoms with Crippen molar-refractivity contribution in [2.24, 2.45) is 0 Å². The summed E-state index contributed by atoms with van der Waals surface area (Å²) in [4.78, 5) is 0. The van der Waals surface area contributed by atoms with Gasteiger partial charge in [0.05, 0.1) is 0 Å². The van der Waals surface area contributed by atoms with Gasteiger partial charge in [-0.05, 0) is 6.42 Å². The summed E-state index contributed by atoms with van der Waals surface area (Å²) in [5.74, 6) is 0.